The number of aromatic nitrogens is 5. The normalized spacial score (nSPS) is 12.1. The second kappa shape index (κ2) is 6.25. The average Bonchev–Trinajstić information content (AvgIpc) is 3.35. The van der Waals surface area contributed by atoms with Crippen molar-refractivity contribution in [1.29, 1.82) is 0 Å². The minimum Gasteiger partial charge on any atom is -0.276 e. The Bertz CT molecular complexity index is 1500. The number of nitrogens with one attached hydrogen (secondary N) is 1. The van der Waals surface area contributed by atoms with Crippen LogP contribution in [0.15, 0.2) is 61.1 Å². The van der Waals surface area contributed by atoms with Crippen LogP contribution in [0.4, 0.5) is 0 Å². The molecule has 29 heavy (non-hydrogen) atoms. The maximum absolute atomic E-state index is 11.7. The van der Waals surface area contributed by atoms with Crippen LogP contribution in [-0.4, -0.2) is 39.0 Å². The predicted octanol–water partition coefficient (Wildman–Crippen LogP) is 3.76. The second-order valence-corrected chi connectivity index (χ2v) is 8.93. The van der Waals surface area contributed by atoms with E-state index in [1.807, 2.05) is 30.3 Å². The lowest BCUT2D eigenvalue weighted by atomic mass is 10.0. The summed E-state index contributed by atoms with van der Waals surface area (Å²) in [7, 11) is -3.43. The molecule has 0 saturated heterocycles. The molecule has 5 rings (SSSR count). The summed E-state index contributed by atoms with van der Waals surface area (Å²) < 4.78 is 24.4. The first-order chi connectivity index (χ1) is 13.9. The highest BCUT2D eigenvalue weighted by atomic mass is 32.2. The number of aryl methyl sites for hydroxylation is 1. The molecule has 0 saturated carbocycles. The van der Waals surface area contributed by atoms with Gasteiger partial charge in [0.05, 0.1) is 35.9 Å². The van der Waals surface area contributed by atoms with Gasteiger partial charge in [-0.05, 0) is 30.7 Å². The molecule has 3 aromatic heterocycles. The molecule has 0 aliphatic heterocycles. The van der Waals surface area contributed by atoms with Gasteiger partial charge in [-0.15, -0.1) is 0 Å². The van der Waals surface area contributed by atoms with Gasteiger partial charge in [0, 0.05) is 21.9 Å². The number of rotatable bonds is 3. The molecule has 1 N–H and O–H groups in total. The van der Waals surface area contributed by atoms with Gasteiger partial charge in [0.1, 0.15) is 5.69 Å². The molecule has 2 aromatic carbocycles. The largest absolute Gasteiger partial charge is 0.276 e. The van der Waals surface area contributed by atoms with Crippen LogP contribution in [0.5, 0.6) is 0 Å². The van der Waals surface area contributed by atoms with E-state index in [-0.39, 0.29) is 0 Å². The average molecular weight is 403 g/mol. The topological polar surface area (TPSA) is 93.5 Å². The number of H-pyrrole nitrogens is 1. The highest BCUT2D eigenvalue weighted by Crippen LogP contribution is 2.34. The maximum atomic E-state index is 11.7. The van der Waals surface area contributed by atoms with Gasteiger partial charge in [-0.3, -0.25) is 10.1 Å². The van der Waals surface area contributed by atoms with Crippen molar-refractivity contribution in [3.05, 3.63) is 66.6 Å². The van der Waals surface area contributed by atoms with Gasteiger partial charge < -0.3 is 0 Å². The van der Waals surface area contributed by atoms with Gasteiger partial charge in [-0.25, -0.2) is 8.42 Å². The van der Waals surface area contributed by atoms with E-state index in [4.69, 9.17) is 0 Å². The summed E-state index contributed by atoms with van der Waals surface area (Å²) in [6.07, 6.45) is 5.97. The Morgan fingerprint density at radius 3 is 2.62 bits per heavy atom. The first-order valence-corrected chi connectivity index (χ1v) is 10.8. The van der Waals surface area contributed by atoms with E-state index in [1.165, 1.54) is 6.20 Å². The highest BCUT2D eigenvalue weighted by molar-refractivity contribution is 7.89. The number of aromatic amines is 1. The summed E-state index contributed by atoms with van der Waals surface area (Å²) in [5.74, 6) is 0. The van der Waals surface area contributed by atoms with Crippen LogP contribution in [0.2, 0.25) is 0 Å². The third-order valence-corrected chi connectivity index (χ3v) is 5.80. The summed E-state index contributed by atoms with van der Waals surface area (Å²) in [6, 6.07) is 14.0. The Morgan fingerprint density at radius 2 is 1.86 bits per heavy atom. The Morgan fingerprint density at radius 1 is 1.00 bits per heavy atom. The fourth-order valence-corrected chi connectivity index (χ4v) is 4.04. The lowest BCUT2D eigenvalue weighted by molar-refractivity contribution is 0.586. The zero-order valence-corrected chi connectivity index (χ0v) is 16.6. The molecule has 8 heteroatoms. The molecule has 0 unspecified atom stereocenters. The van der Waals surface area contributed by atoms with Gasteiger partial charge >= 0.3 is 0 Å². The zero-order chi connectivity index (χ0) is 20.2. The third-order valence-electron chi connectivity index (χ3n) is 4.92. The fourth-order valence-electron chi connectivity index (χ4n) is 3.52. The standard InChI is InChI=1S/C21H17N5O2S/c1-13-4-3-5-15(8-13)21-20-17-9-14(16-10-23-26(12-16)29(2,27)28)6-7-18(17)22-11-19(20)24-25-21/h3-12H,1-2H3,(H,24,25). The van der Waals surface area contributed by atoms with Crippen molar-refractivity contribution in [3.63, 3.8) is 0 Å². The number of hydrogen-bond donors (Lipinski definition) is 1. The Hall–Kier alpha value is -3.52. The molecule has 0 amide bonds. The van der Waals surface area contributed by atoms with Gasteiger partial charge in [-0.1, -0.05) is 29.8 Å². The minimum atomic E-state index is -3.43. The van der Waals surface area contributed by atoms with E-state index < -0.39 is 10.0 Å². The van der Waals surface area contributed by atoms with Crippen molar-refractivity contribution in [2.24, 2.45) is 0 Å². The molecule has 0 aliphatic rings. The van der Waals surface area contributed by atoms with E-state index in [0.717, 1.165) is 60.1 Å². The molecule has 0 fully saturated rings. The molecule has 5 aromatic rings. The minimum absolute atomic E-state index is 0.718. The van der Waals surface area contributed by atoms with Crippen LogP contribution < -0.4 is 0 Å². The summed E-state index contributed by atoms with van der Waals surface area (Å²) in [4.78, 5) is 4.53. The van der Waals surface area contributed by atoms with Crippen LogP contribution in [0.3, 0.4) is 0 Å². The van der Waals surface area contributed by atoms with Crippen molar-refractivity contribution in [1.82, 2.24) is 24.4 Å². The number of benzene rings is 2. The van der Waals surface area contributed by atoms with E-state index in [1.54, 1.807) is 12.4 Å². The zero-order valence-electron chi connectivity index (χ0n) is 15.8. The first-order valence-electron chi connectivity index (χ1n) is 8.99. The maximum Gasteiger partial charge on any atom is 0.250 e. The van der Waals surface area contributed by atoms with Crippen LogP contribution in [0.25, 0.3) is 44.2 Å². The van der Waals surface area contributed by atoms with E-state index in [2.05, 4.69) is 39.3 Å². The van der Waals surface area contributed by atoms with Crippen molar-refractivity contribution in [3.8, 4) is 22.4 Å². The summed E-state index contributed by atoms with van der Waals surface area (Å²) in [6.45, 7) is 2.05. The van der Waals surface area contributed by atoms with E-state index >= 15 is 0 Å². The molecular weight excluding hydrogens is 386 g/mol. The number of fused-ring (bicyclic) bond motifs is 3. The smallest absolute Gasteiger partial charge is 0.250 e. The number of nitrogens with zero attached hydrogens (tertiary/aromatic N) is 4. The Kier molecular flexibility index (Phi) is 3.78. The molecule has 0 radical (unpaired) electrons. The summed E-state index contributed by atoms with van der Waals surface area (Å²) in [5, 5.41) is 13.5. The molecule has 0 atom stereocenters. The molecule has 0 spiro atoms. The lowest BCUT2D eigenvalue weighted by Gasteiger charge is -2.05. The van der Waals surface area contributed by atoms with Gasteiger partial charge in [0.15, 0.2) is 0 Å². The quantitative estimate of drug-likeness (QED) is 0.495. The molecule has 3 heterocycles. The van der Waals surface area contributed by atoms with E-state index in [9.17, 15) is 8.42 Å². The van der Waals surface area contributed by atoms with Crippen molar-refractivity contribution in [2.75, 3.05) is 6.26 Å². The van der Waals surface area contributed by atoms with Crippen molar-refractivity contribution < 1.29 is 8.42 Å². The first kappa shape index (κ1) is 17.6. The second-order valence-electron chi connectivity index (χ2n) is 7.09. The highest BCUT2D eigenvalue weighted by Gasteiger charge is 2.15. The monoisotopic (exact) mass is 403 g/mol. The van der Waals surface area contributed by atoms with E-state index in [0.29, 0.717) is 0 Å². The molecule has 0 aliphatic carbocycles. The van der Waals surface area contributed by atoms with Gasteiger partial charge in [-0.2, -0.15) is 14.3 Å². The van der Waals surface area contributed by atoms with Crippen LogP contribution in [-0.2, 0) is 10.0 Å². The molecule has 144 valence electrons. The lowest BCUT2D eigenvalue weighted by Crippen LogP contribution is -2.09. The number of pyridine rings is 1. The van der Waals surface area contributed by atoms with Crippen LogP contribution in [0, 0.1) is 6.92 Å². The SMILES string of the molecule is Cc1cccc(-c2n[nH]c3cnc4ccc(-c5cnn(S(C)(=O)=O)c5)cc4c23)c1. The van der Waals surface area contributed by atoms with Gasteiger partial charge in [0.25, 0.3) is 10.0 Å². The summed E-state index contributed by atoms with van der Waals surface area (Å²) >= 11 is 0. The molecular formula is C21H17N5O2S. The molecule has 0 bridgehead atoms. The van der Waals surface area contributed by atoms with Crippen molar-refractivity contribution >= 4 is 31.8 Å². The molecule has 7 nitrogen and oxygen atoms in total. The Labute approximate surface area is 167 Å². The van der Waals surface area contributed by atoms with Gasteiger partial charge in [0.2, 0.25) is 0 Å². The van der Waals surface area contributed by atoms with Crippen LogP contribution >= 0.6 is 0 Å². The number of hydrogen-bond acceptors (Lipinski definition) is 5. The Balaban J connectivity index is 1.75. The fraction of sp³-hybridized carbons (Fsp3) is 0.0952. The summed E-state index contributed by atoms with van der Waals surface area (Å²) in [5.41, 5.74) is 6.31. The third kappa shape index (κ3) is 2.98. The van der Waals surface area contributed by atoms with Crippen LogP contribution in [0.1, 0.15) is 5.56 Å². The van der Waals surface area contributed by atoms with Crippen molar-refractivity contribution in [2.45, 2.75) is 6.92 Å². The predicted molar refractivity (Wildman–Crippen MR) is 113 cm³/mol.